The zero-order chi connectivity index (χ0) is 15.2. The molecule has 6 heteroatoms. The van der Waals surface area contributed by atoms with E-state index < -0.39 is 0 Å². The van der Waals surface area contributed by atoms with E-state index in [1.165, 1.54) is 4.90 Å². The van der Waals surface area contributed by atoms with E-state index in [9.17, 15) is 4.79 Å². The molecule has 0 aliphatic carbocycles. The average Bonchev–Trinajstić information content (AvgIpc) is 2.49. The Kier molecular flexibility index (Phi) is 5.05. The van der Waals surface area contributed by atoms with Crippen molar-refractivity contribution < 1.29 is 9.53 Å². The summed E-state index contributed by atoms with van der Waals surface area (Å²) in [7, 11) is 3.38. The fourth-order valence-electron chi connectivity index (χ4n) is 1.53. The molecule has 21 heavy (non-hydrogen) atoms. The minimum absolute atomic E-state index is 0.169. The van der Waals surface area contributed by atoms with E-state index in [-0.39, 0.29) is 6.03 Å². The number of benzene rings is 1. The predicted molar refractivity (Wildman–Crippen MR) is 85.2 cm³/mol. The van der Waals surface area contributed by atoms with Gasteiger partial charge in [-0.25, -0.2) is 9.78 Å². The molecule has 0 spiro atoms. The van der Waals surface area contributed by atoms with Crippen molar-refractivity contribution >= 4 is 23.5 Å². The summed E-state index contributed by atoms with van der Waals surface area (Å²) in [6.45, 7) is 0. The van der Waals surface area contributed by atoms with Crippen molar-refractivity contribution in [2.24, 2.45) is 0 Å². The molecule has 0 saturated heterocycles. The molecule has 0 saturated carbocycles. The van der Waals surface area contributed by atoms with Crippen LogP contribution in [0.4, 0.5) is 10.5 Å². The van der Waals surface area contributed by atoms with Gasteiger partial charge in [-0.05, 0) is 36.6 Å². The van der Waals surface area contributed by atoms with Crippen LogP contribution in [-0.2, 0) is 0 Å². The number of carbonyl (C=O) groups is 1. The maximum Gasteiger partial charge on any atom is 0.321 e. The molecule has 2 amide bonds. The topological polar surface area (TPSA) is 54.5 Å². The van der Waals surface area contributed by atoms with Crippen molar-refractivity contribution in [2.75, 3.05) is 25.7 Å². The van der Waals surface area contributed by atoms with Gasteiger partial charge in [0.05, 0.1) is 5.03 Å². The van der Waals surface area contributed by atoms with Crippen LogP contribution in [0.5, 0.6) is 11.6 Å². The number of urea groups is 1. The lowest BCUT2D eigenvalue weighted by molar-refractivity contribution is 0.230. The van der Waals surface area contributed by atoms with Crippen molar-refractivity contribution in [1.29, 1.82) is 0 Å². The van der Waals surface area contributed by atoms with Crippen LogP contribution in [0.25, 0.3) is 0 Å². The molecule has 1 aromatic carbocycles. The highest BCUT2D eigenvalue weighted by molar-refractivity contribution is 7.98. The number of hydrogen-bond donors (Lipinski definition) is 1. The van der Waals surface area contributed by atoms with E-state index >= 15 is 0 Å². The molecule has 2 rings (SSSR count). The van der Waals surface area contributed by atoms with E-state index in [4.69, 9.17) is 4.74 Å². The van der Waals surface area contributed by atoms with Crippen LogP contribution >= 0.6 is 11.8 Å². The third-order valence-electron chi connectivity index (χ3n) is 2.64. The summed E-state index contributed by atoms with van der Waals surface area (Å²) in [5.74, 6) is 1.22. The number of thioether (sulfide) groups is 1. The summed E-state index contributed by atoms with van der Waals surface area (Å²) in [5, 5.41) is 3.67. The van der Waals surface area contributed by atoms with Crippen LogP contribution < -0.4 is 10.1 Å². The van der Waals surface area contributed by atoms with Crippen LogP contribution in [-0.4, -0.2) is 36.3 Å². The predicted octanol–water partition coefficient (Wildman–Crippen LogP) is 3.69. The Labute approximate surface area is 128 Å². The highest BCUT2D eigenvalue weighted by atomic mass is 32.2. The number of pyridine rings is 1. The monoisotopic (exact) mass is 303 g/mol. The maximum atomic E-state index is 11.5. The number of hydrogen-bond acceptors (Lipinski definition) is 4. The molecular formula is C15H17N3O2S. The van der Waals surface area contributed by atoms with Gasteiger partial charge in [0.15, 0.2) is 0 Å². The van der Waals surface area contributed by atoms with Crippen LogP contribution in [0.2, 0.25) is 0 Å². The molecule has 1 heterocycles. The van der Waals surface area contributed by atoms with E-state index in [1.54, 1.807) is 56.2 Å². The molecule has 0 atom stereocenters. The number of aromatic nitrogens is 1. The normalized spacial score (nSPS) is 10.0. The Morgan fingerprint density at radius 2 is 1.90 bits per heavy atom. The van der Waals surface area contributed by atoms with Crippen molar-refractivity contribution in [3.05, 3.63) is 42.5 Å². The summed E-state index contributed by atoms with van der Waals surface area (Å²) in [6, 6.07) is 12.6. The molecule has 0 unspecified atom stereocenters. The molecule has 110 valence electrons. The summed E-state index contributed by atoms with van der Waals surface area (Å²) >= 11 is 1.56. The second-order valence-electron chi connectivity index (χ2n) is 4.47. The van der Waals surface area contributed by atoms with Gasteiger partial charge in [-0.2, -0.15) is 0 Å². The first-order valence-electron chi connectivity index (χ1n) is 6.36. The number of carbonyl (C=O) groups excluding carboxylic acids is 1. The quantitative estimate of drug-likeness (QED) is 0.875. The van der Waals surface area contributed by atoms with Gasteiger partial charge in [-0.15, -0.1) is 11.8 Å². The number of anilines is 1. The van der Waals surface area contributed by atoms with Gasteiger partial charge >= 0.3 is 6.03 Å². The summed E-state index contributed by atoms with van der Waals surface area (Å²) in [4.78, 5) is 17.3. The molecule has 0 radical (unpaired) electrons. The SMILES string of the molecule is CSc1cccc(Oc2ccc(NC(=O)N(C)C)cc2)n1. The summed E-state index contributed by atoms with van der Waals surface area (Å²) in [6.07, 6.45) is 1.97. The molecule has 1 aromatic heterocycles. The van der Waals surface area contributed by atoms with Crippen LogP contribution in [0.15, 0.2) is 47.5 Å². The summed E-state index contributed by atoms with van der Waals surface area (Å²) in [5.41, 5.74) is 0.715. The number of ether oxygens (including phenoxy) is 1. The fourth-order valence-corrected chi connectivity index (χ4v) is 1.92. The van der Waals surface area contributed by atoms with Crippen LogP contribution in [0.3, 0.4) is 0 Å². The number of rotatable bonds is 4. The second-order valence-corrected chi connectivity index (χ2v) is 5.30. The maximum absolute atomic E-state index is 11.5. The minimum atomic E-state index is -0.169. The van der Waals surface area contributed by atoms with Crippen LogP contribution in [0, 0.1) is 0 Å². The number of amides is 2. The Morgan fingerprint density at radius 3 is 2.52 bits per heavy atom. The Hall–Kier alpha value is -2.21. The first-order chi connectivity index (χ1) is 10.1. The molecular weight excluding hydrogens is 286 g/mol. The highest BCUT2D eigenvalue weighted by Gasteiger charge is 2.04. The van der Waals surface area contributed by atoms with Gasteiger partial charge in [-0.1, -0.05) is 6.07 Å². The smallest absolute Gasteiger partial charge is 0.321 e. The molecule has 0 aliphatic heterocycles. The third-order valence-corrected chi connectivity index (χ3v) is 3.29. The first kappa shape index (κ1) is 15.2. The second kappa shape index (κ2) is 6.99. The van der Waals surface area contributed by atoms with Gasteiger partial charge < -0.3 is 15.0 Å². The van der Waals surface area contributed by atoms with E-state index in [1.807, 2.05) is 18.4 Å². The molecule has 0 aliphatic rings. The van der Waals surface area contributed by atoms with Crippen LogP contribution in [0.1, 0.15) is 0 Å². The minimum Gasteiger partial charge on any atom is -0.439 e. The van der Waals surface area contributed by atoms with Gasteiger partial charge in [0, 0.05) is 25.8 Å². The average molecular weight is 303 g/mol. The van der Waals surface area contributed by atoms with Gasteiger partial charge in [0.25, 0.3) is 0 Å². The molecule has 0 bridgehead atoms. The molecule has 0 fully saturated rings. The fraction of sp³-hybridized carbons (Fsp3) is 0.200. The van der Waals surface area contributed by atoms with E-state index in [0.29, 0.717) is 17.3 Å². The number of nitrogens with one attached hydrogen (secondary N) is 1. The van der Waals surface area contributed by atoms with Gasteiger partial charge in [0.1, 0.15) is 5.75 Å². The number of nitrogens with zero attached hydrogens (tertiary/aromatic N) is 2. The van der Waals surface area contributed by atoms with Crippen molar-refractivity contribution in [1.82, 2.24) is 9.88 Å². The molecule has 5 nitrogen and oxygen atoms in total. The van der Waals surface area contributed by atoms with E-state index in [0.717, 1.165) is 5.03 Å². The van der Waals surface area contributed by atoms with Crippen molar-refractivity contribution in [3.8, 4) is 11.6 Å². The Bertz CT molecular complexity index is 615. The largest absolute Gasteiger partial charge is 0.439 e. The lowest BCUT2D eigenvalue weighted by Crippen LogP contribution is -2.27. The van der Waals surface area contributed by atoms with Gasteiger partial charge in [0.2, 0.25) is 5.88 Å². The Balaban J connectivity index is 2.03. The standard InChI is InChI=1S/C15H17N3O2S/c1-18(2)15(19)16-11-7-9-12(10-8-11)20-13-5-4-6-14(17-13)21-3/h4-10H,1-3H3,(H,16,19). The lowest BCUT2D eigenvalue weighted by Gasteiger charge is -2.12. The van der Waals surface area contributed by atoms with Crippen molar-refractivity contribution in [2.45, 2.75) is 5.03 Å². The molecule has 2 aromatic rings. The Morgan fingerprint density at radius 1 is 1.19 bits per heavy atom. The van der Waals surface area contributed by atoms with Gasteiger partial charge in [-0.3, -0.25) is 0 Å². The first-order valence-corrected chi connectivity index (χ1v) is 7.58. The zero-order valence-corrected chi connectivity index (χ0v) is 13.0. The highest BCUT2D eigenvalue weighted by Crippen LogP contribution is 2.23. The summed E-state index contributed by atoms with van der Waals surface area (Å²) < 4.78 is 5.68. The lowest BCUT2D eigenvalue weighted by atomic mass is 10.3. The zero-order valence-electron chi connectivity index (χ0n) is 12.2. The third kappa shape index (κ3) is 4.39. The molecule has 1 N–H and O–H groups in total. The van der Waals surface area contributed by atoms with E-state index in [2.05, 4.69) is 10.3 Å². The van der Waals surface area contributed by atoms with Crippen molar-refractivity contribution in [3.63, 3.8) is 0 Å².